The van der Waals surface area contributed by atoms with E-state index in [4.69, 9.17) is 9.26 Å². The summed E-state index contributed by atoms with van der Waals surface area (Å²) in [6.07, 6.45) is 9.44. The molecule has 1 spiro atoms. The van der Waals surface area contributed by atoms with Crippen LogP contribution in [-0.4, -0.2) is 23.4 Å². The Balaban J connectivity index is 1.42. The summed E-state index contributed by atoms with van der Waals surface area (Å²) in [5.41, 5.74) is 1.17. The van der Waals surface area contributed by atoms with Crippen LogP contribution in [0.3, 0.4) is 0 Å². The zero-order valence-electron chi connectivity index (χ0n) is 11.8. The van der Waals surface area contributed by atoms with Gasteiger partial charge in [0.25, 0.3) is 0 Å². The highest BCUT2D eigenvalue weighted by Crippen LogP contribution is 2.41. The van der Waals surface area contributed by atoms with Crippen LogP contribution in [0.15, 0.2) is 10.6 Å². The molecule has 0 aromatic carbocycles. The Morgan fingerprint density at radius 3 is 2.89 bits per heavy atom. The summed E-state index contributed by atoms with van der Waals surface area (Å²) in [6.45, 7) is 3.61. The molecule has 2 heterocycles. The number of nitrogens with one attached hydrogen (secondary N) is 1. The Morgan fingerprint density at radius 2 is 2.16 bits per heavy atom. The predicted molar refractivity (Wildman–Crippen MR) is 72.9 cm³/mol. The molecule has 19 heavy (non-hydrogen) atoms. The zero-order chi connectivity index (χ0) is 13.1. The fourth-order valence-corrected chi connectivity index (χ4v) is 3.46. The lowest BCUT2D eigenvalue weighted by Gasteiger charge is -2.33. The van der Waals surface area contributed by atoms with Gasteiger partial charge in [-0.3, -0.25) is 0 Å². The third-order valence-corrected chi connectivity index (χ3v) is 4.45. The van der Waals surface area contributed by atoms with E-state index < -0.39 is 0 Å². The summed E-state index contributed by atoms with van der Waals surface area (Å²) in [4.78, 5) is 0. The molecular formula is C15H24N2O2. The molecule has 0 amide bonds. The van der Waals surface area contributed by atoms with Crippen molar-refractivity contribution in [2.24, 2.45) is 0 Å². The molecular weight excluding hydrogens is 240 g/mol. The monoisotopic (exact) mass is 264 g/mol. The van der Waals surface area contributed by atoms with E-state index in [1.807, 2.05) is 13.0 Å². The molecule has 1 saturated carbocycles. The Kier molecular flexibility index (Phi) is 3.89. The van der Waals surface area contributed by atoms with Crippen molar-refractivity contribution in [1.29, 1.82) is 0 Å². The van der Waals surface area contributed by atoms with Crippen LogP contribution in [0.1, 0.15) is 56.4 Å². The van der Waals surface area contributed by atoms with Gasteiger partial charge in [-0.2, -0.15) is 0 Å². The molecule has 1 aliphatic carbocycles. The molecule has 1 aromatic rings. The highest BCUT2D eigenvalue weighted by atomic mass is 16.5. The number of aromatic nitrogens is 1. The summed E-state index contributed by atoms with van der Waals surface area (Å²) in [6, 6.07) is 1.98. The second-order valence-electron chi connectivity index (χ2n) is 6.09. The van der Waals surface area contributed by atoms with Gasteiger partial charge in [-0.25, -0.2) is 0 Å². The maximum Gasteiger partial charge on any atom is 0.150 e. The van der Waals surface area contributed by atoms with E-state index in [9.17, 15) is 0 Å². The molecule has 1 N–H and O–H groups in total. The highest BCUT2D eigenvalue weighted by Gasteiger charge is 2.40. The zero-order valence-corrected chi connectivity index (χ0v) is 11.8. The topological polar surface area (TPSA) is 47.3 Å². The fourth-order valence-electron chi connectivity index (χ4n) is 3.46. The predicted octanol–water partition coefficient (Wildman–Crippen LogP) is 2.95. The van der Waals surface area contributed by atoms with Crippen LogP contribution >= 0.6 is 0 Å². The average Bonchev–Trinajstić information content (AvgIpc) is 2.99. The SMILES string of the molecule is Cc1cc(CNCC2CCC3(CCCCC3)O2)on1. The third kappa shape index (κ3) is 3.18. The first-order chi connectivity index (χ1) is 9.26. The van der Waals surface area contributed by atoms with Gasteiger partial charge in [-0.05, 0) is 32.6 Å². The lowest BCUT2D eigenvalue weighted by molar-refractivity contribution is -0.0625. The number of hydrogen-bond acceptors (Lipinski definition) is 4. The van der Waals surface area contributed by atoms with Crippen molar-refractivity contribution < 1.29 is 9.26 Å². The van der Waals surface area contributed by atoms with Crippen LogP contribution in [0.25, 0.3) is 0 Å². The van der Waals surface area contributed by atoms with E-state index in [0.717, 1.165) is 24.5 Å². The molecule has 2 aliphatic rings. The van der Waals surface area contributed by atoms with Gasteiger partial charge in [-0.15, -0.1) is 0 Å². The van der Waals surface area contributed by atoms with Crippen LogP contribution in [0.4, 0.5) is 0 Å². The van der Waals surface area contributed by atoms with Gasteiger partial charge in [0.15, 0.2) is 5.76 Å². The molecule has 1 aromatic heterocycles. The van der Waals surface area contributed by atoms with Crippen molar-refractivity contribution in [3.05, 3.63) is 17.5 Å². The first kappa shape index (κ1) is 13.1. The minimum atomic E-state index is 0.230. The Bertz CT molecular complexity index is 410. The molecule has 2 fully saturated rings. The van der Waals surface area contributed by atoms with E-state index in [2.05, 4.69) is 10.5 Å². The number of hydrogen-bond donors (Lipinski definition) is 1. The normalized spacial score (nSPS) is 26.1. The van der Waals surface area contributed by atoms with E-state index in [-0.39, 0.29) is 5.60 Å². The summed E-state index contributed by atoms with van der Waals surface area (Å²) in [5.74, 6) is 0.905. The van der Waals surface area contributed by atoms with Crippen molar-refractivity contribution in [3.8, 4) is 0 Å². The van der Waals surface area contributed by atoms with E-state index in [1.165, 1.54) is 44.9 Å². The van der Waals surface area contributed by atoms with E-state index in [1.54, 1.807) is 0 Å². The highest BCUT2D eigenvalue weighted by molar-refractivity contribution is 5.02. The number of ether oxygens (including phenoxy) is 1. The van der Waals surface area contributed by atoms with Gasteiger partial charge in [0, 0.05) is 12.6 Å². The molecule has 0 radical (unpaired) electrons. The van der Waals surface area contributed by atoms with Crippen molar-refractivity contribution in [2.75, 3.05) is 6.54 Å². The minimum Gasteiger partial charge on any atom is -0.370 e. The maximum absolute atomic E-state index is 6.32. The first-order valence-corrected chi connectivity index (χ1v) is 7.57. The molecule has 1 saturated heterocycles. The molecule has 4 nitrogen and oxygen atoms in total. The Hall–Kier alpha value is -0.870. The average molecular weight is 264 g/mol. The molecule has 1 atom stereocenters. The van der Waals surface area contributed by atoms with Gasteiger partial charge >= 0.3 is 0 Å². The lowest BCUT2D eigenvalue weighted by atomic mass is 9.83. The van der Waals surface area contributed by atoms with Gasteiger partial charge < -0.3 is 14.6 Å². The molecule has 106 valence electrons. The minimum absolute atomic E-state index is 0.230. The molecule has 1 aliphatic heterocycles. The van der Waals surface area contributed by atoms with Crippen molar-refractivity contribution >= 4 is 0 Å². The summed E-state index contributed by atoms with van der Waals surface area (Å²) in [5, 5.41) is 7.31. The number of aryl methyl sites for hydroxylation is 1. The molecule has 1 unspecified atom stereocenters. The largest absolute Gasteiger partial charge is 0.370 e. The number of nitrogens with zero attached hydrogens (tertiary/aromatic N) is 1. The second-order valence-corrected chi connectivity index (χ2v) is 6.09. The third-order valence-electron chi connectivity index (χ3n) is 4.45. The summed E-state index contributed by atoms with van der Waals surface area (Å²) >= 11 is 0. The van der Waals surface area contributed by atoms with Crippen LogP contribution < -0.4 is 5.32 Å². The quantitative estimate of drug-likeness (QED) is 0.908. The Labute approximate surface area is 114 Å². The van der Waals surface area contributed by atoms with Gasteiger partial charge in [0.05, 0.1) is 23.9 Å². The van der Waals surface area contributed by atoms with E-state index >= 15 is 0 Å². The number of rotatable bonds is 4. The smallest absolute Gasteiger partial charge is 0.150 e. The molecule has 3 rings (SSSR count). The van der Waals surface area contributed by atoms with Crippen LogP contribution in [0.5, 0.6) is 0 Å². The standard InChI is InChI=1S/C15H24N2O2/c1-12-9-14(19-17-12)11-16-10-13-5-8-15(18-13)6-3-2-4-7-15/h9,13,16H,2-8,10-11H2,1H3. The molecule has 0 bridgehead atoms. The van der Waals surface area contributed by atoms with Gasteiger partial charge in [0.1, 0.15) is 0 Å². The fraction of sp³-hybridized carbons (Fsp3) is 0.800. The van der Waals surface area contributed by atoms with Crippen LogP contribution in [0.2, 0.25) is 0 Å². The van der Waals surface area contributed by atoms with Crippen LogP contribution in [0, 0.1) is 6.92 Å². The van der Waals surface area contributed by atoms with Crippen molar-refractivity contribution in [3.63, 3.8) is 0 Å². The Morgan fingerprint density at radius 1 is 1.32 bits per heavy atom. The van der Waals surface area contributed by atoms with Crippen molar-refractivity contribution in [2.45, 2.75) is 70.1 Å². The maximum atomic E-state index is 6.32. The van der Waals surface area contributed by atoms with Crippen molar-refractivity contribution in [1.82, 2.24) is 10.5 Å². The summed E-state index contributed by atoms with van der Waals surface area (Å²) in [7, 11) is 0. The summed E-state index contributed by atoms with van der Waals surface area (Å²) < 4.78 is 11.5. The first-order valence-electron chi connectivity index (χ1n) is 7.57. The molecule has 4 heteroatoms. The lowest BCUT2D eigenvalue weighted by Crippen LogP contribution is -2.34. The van der Waals surface area contributed by atoms with E-state index in [0.29, 0.717) is 6.10 Å². The van der Waals surface area contributed by atoms with Gasteiger partial charge in [0.2, 0.25) is 0 Å². The second kappa shape index (κ2) is 5.63. The van der Waals surface area contributed by atoms with Gasteiger partial charge in [-0.1, -0.05) is 24.4 Å². The van der Waals surface area contributed by atoms with Crippen LogP contribution in [-0.2, 0) is 11.3 Å².